The summed E-state index contributed by atoms with van der Waals surface area (Å²) in [4.78, 5) is 0. The molecule has 10 aromatic rings. The third-order valence-corrected chi connectivity index (χ3v) is 18.2. The van der Waals surface area contributed by atoms with Crippen LogP contribution in [-0.4, -0.2) is 0 Å². The molecule has 2 heteroatoms. The largest absolute Gasteiger partial charge is 0.192 e. The molecule has 16 rings (SSSR count). The van der Waals surface area contributed by atoms with E-state index in [0.29, 0.717) is 17.4 Å². The van der Waals surface area contributed by atoms with Crippen molar-refractivity contribution in [3.8, 4) is 67.8 Å². The third kappa shape index (κ3) is 5.41. The highest BCUT2D eigenvalue weighted by molar-refractivity contribution is 6.23. The number of benzene rings is 10. The summed E-state index contributed by atoms with van der Waals surface area (Å²) < 4.78 is 0. The molecule has 0 atom stereocenters. The Morgan fingerprint density at radius 3 is 1.51 bits per heavy atom. The lowest BCUT2D eigenvalue weighted by molar-refractivity contribution is -0.0399. The van der Waals surface area contributed by atoms with Gasteiger partial charge in [0.05, 0.1) is 28.7 Å². The van der Waals surface area contributed by atoms with Crippen LogP contribution in [0.3, 0.4) is 0 Å². The van der Waals surface area contributed by atoms with Gasteiger partial charge in [-0.25, -0.2) is 0 Å². The molecule has 0 heterocycles. The zero-order chi connectivity index (χ0) is 47.0. The molecule has 334 valence electrons. The van der Waals surface area contributed by atoms with E-state index in [4.69, 9.17) is 0 Å². The Morgan fingerprint density at radius 1 is 0.352 bits per heavy atom. The van der Waals surface area contributed by atoms with Gasteiger partial charge in [0.2, 0.25) is 0 Å². The molecule has 0 N–H and O–H groups in total. The number of fused-ring (bicyclic) bond motifs is 8. The Balaban J connectivity index is 0.903. The highest BCUT2D eigenvalue weighted by Crippen LogP contribution is 2.70. The lowest BCUT2D eigenvalue weighted by Gasteiger charge is -2.61. The van der Waals surface area contributed by atoms with E-state index >= 15 is 0 Å². The number of hydrogen-bond donors (Lipinski definition) is 0. The first kappa shape index (κ1) is 40.6. The monoisotopic (exact) mass is 904 g/mol. The van der Waals surface area contributed by atoms with Gasteiger partial charge in [-0.1, -0.05) is 182 Å². The fourth-order valence-electron chi connectivity index (χ4n) is 15.9. The van der Waals surface area contributed by atoms with Crippen molar-refractivity contribution in [1.29, 1.82) is 10.5 Å². The summed E-state index contributed by atoms with van der Waals surface area (Å²) in [6.45, 7) is 0. The first-order valence-corrected chi connectivity index (χ1v) is 25.6. The summed E-state index contributed by atoms with van der Waals surface area (Å²) in [7, 11) is 0. The molecule has 0 unspecified atom stereocenters. The van der Waals surface area contributed by atoms with Crippen LogP contribution in [0.4, 0.5) is 0 Å². The minimum atomic E-state index is -0.498. The third-order valence-electron chi connectivity index (χ3n) is 18.2. The van der Waals surface area contributed by atoms with Gasteiger partial charge in [-0.15, -0.1) is 0 Å². The fraction of sp³-hybridized carbons (Fsp3) is 0.159. The van der Waals surface area contributed by atoms with Crippen LogP contribution in [0, 0.1) is 46.3 Å². The molecule has 0 aliphatic heterocycles. The fourth-order valence-corrected chi connectivity index (χ4v) is 15.9. The van der Waals surface area contributed by atoms with Gasteiger partial charge in [0.1, 0.15) is 0 Å². The zero-order valence-corrected chi connectivity index (χ0v) is 39.4. The molecule has 10 aromatic carbocycles. The van der Waals surface area contributed by atoms with Gasteiger partial charge >= 0.3 is 0 Å². The van der Waals surface area contributed by atoms with Crippen LogP contribution < -0.4 is 0 Å². The van der Waals surface area contributed by atoms with Crippen LogP contribution in [0.2, 0.25) is 0 Å². The minimum Gasteiger partial charge on any atom is -0.192 e. The predicted octanol–water partition coefficient (Wildman–Crippen LogP) is 16.8. The van der Waals surface area contributed by atoms with Crippen LogP contribution in [0.15, 0.2) is 206 Å². The van der Waals surface area contributed by atoms with Gasteiger partial charge in [0.15, 0.2) is 0 Å². The van der Waals surface area contributed by atoms with E-state index in [1.54, 1.807) is 0 Å². The second-order valence-corrected chi connectivity index (χ2v) is 21.3. The maximum Gasteiger partial charge on any atom is 0.0998 e. The zero-order valence-electron chi connectivity index (χ0n) is 39.4. The molecule has 4 fully saturated rings. The normalized spacial score (nSPS) is 21.4. The molecular weight excluding hydrogens is 857 g/mol. The SMILES string of the molecule is N#Cc1ccc2c(c1)-c1cc(-c3ccc(-c4c5ccccc5c(-c5cccc6c5-c5ccccc5C6(c5ccccc5)c5ccccc5)c5ccccc45)cc3)c(C#N)cc1C21C2CC3CC(C2)CC1C3. The van der Waals surface area contributed by atoms with E-state index in [-0.39, 0.29) is 5.41 Å². The van der Waals surface area contributed by atoms with E-state index < -0.39 is 5.41 Å². The Hall–Kier alpha value is -8.30. The van der Waals surface area contributed by atoms with Gasteiger partial charge in [0.25, 0.3) is 0 Å². The predicted molar refractivity (Wildman–Crippen MR) is 288 cm³/mol. The molecule has 0 aromatic heterocycles. The standard InChI is InChI=1S/C69H48N2/c70-40-42-26-31-62-59(37-42)60-39-58(47(41-71)38-64(60)69(62)50-33-43-32-44(35-50)36-51(69)34-43)45-27-29-46(30-28-45)65-52-18-7-9-20-54(52)66(55-21-10-8-19-53(55)65)57-23-13-25-63-67(57)56-22-11-12-24-61(56)68(63,48-14-3-1-4-15-48)49-16-5-2-6-17-49/h1-31,37-39,43-44,50-51H,32-36H2. The molecule has 2 nitrogen and oxygen atoms in total. The number of hydrogen-bond acceptors (Lipinski definition) is 2. The second-order valence-electron chi connectivity index (χ2n) is 21.3. The Kier molecular flexibility index (Phi) is 8.63. The van der Waals surface area contributed by atoms with Crippen LogP contribution in [0.5, 0.6) is 0 Å². The Morgan fingerprint density at radius 2 is 0.887 bits per heavy atom. The number of nitrogens with zero attached hydrogens (tertiary/aromatic N) is 2. The summed E-state index contributed by atoms with van der Waals surface area (Å²) in [6.07, 6.45) is 6.47. The summed E-state index contributed by atoms with van der Waals surface area (Å²) in [6, 6.07) is 81.3. The molecule has 0 amide bonds. The van der Waals surface area contributed by atoms with Gasteiger partial charge in [-0.05, 0) is 185 Å². The van der Waals surface area contributed by atoms with Gasteiger partial charge in [-0.3, -0.25) is 0 Å². The quantitative estimate of drug-likeness (QED) is 0.162. The molecule has 4 saturated carbocycles. The molecule has 6 aliphatic carbocycles. The van der Waals surface area contributed by atoms with Crippen molar-refractivity contribution in [3.63, 3.8) is 0 Å². The van der Waals surface area contributed by atoms with Crippen LogP contribution >= 0.6 is 0 Å². The average molecular weight is 905 g/mol. The molecular formula is C69H48N2. The van der Waals surface area contributed by atoms with Gasteiger partial charge in [0, 0.05) is 11.0 Å². The first-order chi connectivity index (χ1) is 35.1. The van der Waals surface area contributed by atoms with E-state index in [0.717, 1.165) is 34.1 Å². The Bertz CT molecular complexity index is 3830. The smallest absolute Gasteiger partial charge is 0.0998 e. The van der Waals surface area contributed by atoms with E-state index in [1.807, 2.05) is 6.07 Å². The number of rotatable bonds is 5. The molecule has 0 radical (unpaired) electrons. The molecule has 1 spiro atoms. The van der Waals surface area contributed by atoms with Crippen molar-refractivity contribution in [2.24, 2.45) is 23.7 Å². The van der Waals surface area contributed by atoms with Crippen molar-refractivity contribution in [2.45, 2.75) is 42.9 Å². The highest BCUT2D eigenvalue weighted by atomic mass is 14.6. The summed E-state index contributed by atoms with van der Waals surface area (Å²) in [5.41, 5.74) is 20.5. The van der Waals surface area contributed by atoms with Crippen LogP contribution in [0.1, 0.15) is 76.6 Å². The maximum absolute atomic E-state index is 11.0. The molecule has 4 bridgehead atoms. The van der Waals surface area contributed by atoms with E-state index in [2.05, 4.69) is 212 Å². The second kappa shape index (κ2) is 15.1. The van der Waals surface area contributed by atoms with Crippen LogP contribution in [-0.2, 0) is 10.8 Å². The van der Waals surface area contributed by atoms with E-state index in [1.165, 1.54) is 126 Å². The average Bonchev–Trinajstić information content (AvgIpc) is 3.90. The Labute approximate surface area is 415 Å². The molecule has 0 saturated heterocycles. The summed E-state index contributed by atoms with van der Waals surface area (Å²) in [5.74, 6) is 2.80. The topological polar surface area (TPSA) is 47.6 Å². The highest BCUT2D eigenvalue weighted by Gasteiger charge is 2.61. The van der Waals surface area contributed by atoms with Crippen molar-refractivity contribution >= 4 is 21.5 Å². The molecule has 71 heavy (non-hydrogen) atoms. The van der Waals surface area contributed by atoms with Crippen molar-refractivity contribution in [2.75, 3.05) is 0 Å². The van der Waals surface area contributed by atoms with Gasteiger partial charge in [-0.2, -0.15) is 10.5 Å². The lowest BCUT2D eigenvalue weighted by atomic mass is 9.43. The first-order valence-electron chi connectivity index (χ1n) is 25.6. The minimum absolute atomic E-state index is 0.0789. The summed E-state index contributed by atoms with van der Waals surface area (Å²) in [5, 5.41) is 26.0. The van der Waals surface area contributed by atoms with Gasteiger partial charge < -0.3 is 0 Å². The van der Waals surface area contributed by atoms with Crippen molar-refractivity contribution in [3.05, 3.63) is 251 Å². The molecule has 6 aliphatic rings. The van der Waals surface area contributed by atoms with Crippen LogP contribution in [0.25, 0.3) is 77.2 Å². The lowest BCUT2D eigenvalue weighted by Crippen LogP contribution is -2.55. The van der Waals surface area contributed by atoms with Crippen molar-refractivity contribution < 1.29 is 0 Å². The summed E-state index contributed by atoms with van der Waals surface area (Å²) >= 11 is 0. The van der Waals surface area contributed by atoms with Crippen molar-refractivity contribution in [1.82, 2.24) is 0 Å². The number of nitriles is 2. The van der Waals surface area contributed by atoms with E-state index in [9.17, 15) is 10.5 Å². The maximum atomic E-state index is 11.0.